The number of methoxy groups -OCH3 is 1. The number of hydrogen-bond acceptors (Lipinski definition) is 5. The zero-order chi connectivity index (χ0) is 13.1. The Labute approximate surface area is 107 Å². The Morgan fingerprint density at radius 2 is 2.17 bits per heavy atom. The number of fused-ring (bicyclic) bond motifs is 1. The molecule has 0 aliphatic carbocycles. The summed E-state index contributed by atoms with van der Waals surface area (Å²) in [5, 5.41) is 16.3. The van der Waals surface area contributed by atoms with Crippen LogP contribution in [0.2, 0.25) is 0 Å². The number of aliphatic carboxylic acids is 1. The van der Waals surface area contributed by atoms with E-state index in [4.69, 9.17) is 9.84 Å². The van der Waals surface area contributed by atoms with E-state index in [1.807, 2.05) is 17.5 Å². The second-order valence-corrected chi connectivity index (χ2v) is 4.33. The van der Waals surface area contributed by atoms with Gasteiger partial charge in [0.05, 0.1) is 12.0 Å². The summed E-state index contributed by atoms with van der Waals surface area (Å²) in [4.78, 5) is 16.3. The minimum absolute atomic E-state index is 0.106. The maximum Gasteiger partial charge on any atom is 0.359 e. The van der Waals surface area contributed by atoms with E-state index in [2.05, 4.69) is 9.99 Å². The molecule has 18 heavy (non-hydrogen) atoms. The summed E-state index contributed by atoms with van der Waals surface area (Å²) >= 11 is 1.31. The predicted octanol–water partition coefficient (Wildman–Crippen LogP) is 2.35. The standard InChI is InChI=1S/C12H11NO4S/c1-16-8-4-3-7-6-18-11(9(7)5-8)10(12(14)15)13-17-2/h3-6H,1-2H3,(H,14,15). The van der Waals surface area contributed by atoms with Gasteiger partial charge in [0.1, 0.15) is 12.9 Å². The average Bonchev–Trinajstić information content (AvgIpc) is 2.78. The number of carboxylic acid groups (broad SMARTS) is 1. The minimum atomic E-state index is -1.12. The van der Waals surface area contributed by atoms with Crippen LogP contribution in [0, 0.1) is 0 Å². The minimum Gasteiger partial charge on any atom is -0.497 e. The van der Waals surface area contributed by atoms with E-state index in [9.17, 15) is 4.79 Å². The summed E-state index contributed by atoms with van der Waals surface area (Å²) in [5.41, 5.74) is -0.106. The Hall–Kier alpha value is -2.08. The molecule has 0 saturated carbocycles. The van der Waals surface area contributed by atoms with Gasteiger partial charge >= 0.3 is 5.97 Å². The molecule has 1 N–H and O–H groups in total. The van der Waals surface area contributed by atoms with Gasteiger partial charge in [0.2, 0.25) is 5.71 Å². The second kappa shape index (κ2) is 5.05. The Bertz CT molecular complexity index is 618. The van der Waals surface area contributed by atoms with E-state index in [0.29, 0.717) is 10.6 Å². The zero-order valence-corrected chi connectivity index (χ0v) is 10.7. The lowest BCUT2D eigenvalue weighted by Crippen LogP contribution is -2.13. The molecule has 1 aromatic heterocycles. The molecule has 2 aromatic rings. The zero-order valence-electron chi connectivity index (χ0n) is 9.84. The van der Waals surface area contributed by atoms with Crippen LogP contribution >= 0.6 is 11.3 Å². The number of ether oxygens (including phenoxy) is 1. The van der Waals surface area contributed by atoms with Crippen LogP contribution < -0.4 is 4.74 Å². The van der Waals surface area contributed by atoms with Crippen LogP contribution in [0.25, 0.3) is 10.8 Å². The van der Waals surface area contributed by atoms with Gasteiger partial charge in [-0.05, 0) is 29.0 Å². The Morgan fingerprint density at radius 1 is 1.39 bits per heavy atom. The van der Waals surface area contributed by atoms with Crippen LogP contribution in [0.1, 0.15) is 4.88 Å². The summed E-state index contributed by atoms with van der Waals surface area (Å²) < 4.78 is 5.13. The fourth-order valence-electron chi connectivity index (χ4n) is 1.60. The first kappa shape index (κ1) is 12.4. The van der Waals surface area contributed by atoms with E-state index in [1.165, 1.54) is 18.4 Å². The molecule has 94 valence electrons. The van der Waals surface area contributed by atoms with Crippen LogP contribution in [0.15, 0.2) is 28.7 Å². The lowest BCUT2D eigenvalue weighted by Gasteiger charge is -2.01. The van der Waals surface area contributed by atoms with Crippen molar-refractivity contribution in [3.05, 3.63) is 28.5 Å². The normalized spacial score (nSPS) is 11.6. The van der Waals surface area contributed by atoms with Gasteiger partial charge in [-0.2, -0.15) is 0 Å². The number of nitrogens with zero attached hydrogens (tertiary/aromatic N) is 1. The van der Waals surface area contributed by atoms with Crippen molar-refractivity contribution in [3.8, 4) is 5.75 Å². The number of benzene rings is 1. The van der Waals surface area contributed by atoms with Crippen molar-refractivity contribution in [3.63, 3.8) is 0 Å². The molecule has 0 bridgehead atoms. The lowest BCUT2D eigenvalue weighted by molar-refractivity contribution is -0.129. The molecule has 0 atom stereocenters. The van der Waals surface area contributed by atoms with E-state index in [1.54, 1.807) is 13.2 Å². The van der Waals surface area contributed by atoms with Gasteiger partial charge in [0.25, 0.3) is 0 Å². The highest BCUT2D eigenvalue weighted by Gasteiger charge is 2.19. The van der Waals surface area contributed by atoms with Crippen molar-refractivity contribution in [2.45, 2.75) is 0 Å². The topological polar surface area (TPSA) is 68.1 Å². The Balaban J connectivity index is 2.63. The van der Waals surface area contributed by atoms with Crippen LogP contribution in [0.4, 0.5) is 0 Å². The molecule has 1 heterocycles. The smallest absolute Gasteiger partial charge is 0.359 e. The highest BCUT2D eigenvalue weighted by atomic mass is 32.1. The third-order valence-electron chi connectivity index (χ3n) is 2.41. The van der Waals surface area contributed by atoms with Gasteiger partial charge in [-0.25, -0.2) is 4.79 Å². The molecule has 0 radical (unpaired) electrons. The van der Waals surface area contributed by atoms with E-state index >= 15 is 0 Å². The second-order valence-electron chi connectivity index (χ2n) is 3.45. The molecule has 0 aliphatic heterocycles. The Kier molecular flexibility index (Phi) is 3.47. The molecule has 6 heteroatoms. The first-order chi connectivity index (χ1) is 8.67. The van der Waals surface area contributed by atoms with Crippen molar-refractivity contribution < 1.29 is 19.5 Å². The third kappa shape index (κ3) is 2.14. The maximum absolute atomic E-state index is 11.2. The summed E-state index contributed by atoms with van der Waals surface area (Å²) in [7, 11) is 2.88. The quantitative estimate of drug-likeness (QED) is 0.680. The van der Waals surface area contributed by atoms with Crippen LogP contribution in [0.5, 0.6) is 5.75 Å². The predicted molar refractivity (Wildman–Crippen MR) is 69.6 cm³/mol. The van der Waals surface area contributed by atoms with Crippen molar-refractivity contribution in [1.82, 2.24) is 0 Å². The first-order valence-corrected chi connectivity index (χ1v) is 5.95. The number of thiophene rings is 1. The fourth-order valence-corrected chi connectivity index (χ4v) is 2.59. The summed E-state index contributed by atoms with van der Waals surface area (Å²) in [6.07, 6.45) is 0. The van der Waals surface area contributed by atoms with Crippen molar-refractivity contribution in [1.29, 1.82) is 0 Å². The number of rotatable bonds is 4. The summed E-state index contributed by atoms with van der Waals surface area (Å²) in [5.74, 6) is -0.451. The maximum atomic E-state index is 11.2. The molecule has 5 nitrogen and oxygen atoms in total. The van der Waals surface area contributed by atoms with Crippen LogP contribution in [-0.4, -0.2) is 31.0 Å². The van der Waals surface area contributed by atoms with E-state index in [-0.39, 0.29) is 5.71 Å². The molecule has 0 fully saturated rings. The molecule has 2 rings (SSSR count). The lowest BCUT2D eigenvalue weighted by atomic mass is 10.1. The van der Waals surface area contributed by atoms with Gasteiger partial charge in [-0.1, -0.05) is 5.16 Å². The molecule has 0 unspecified atom stereocenters. The van der Waals surface area contributed by atoms with Crippen LogP contribution in [0.3, 0.4) is 0 Å². The molecule has 0 spiro atoms. The molecule has 1 aromatic carbocycles. The van der Waals surface area contributed by atoms with Gasteiger partial charge in [0, 0.05) is 5.39 Å². The first-order valence-electron chi connectivity index (χ1n) is 5.07. The number of oxime groups is 1. The molecule has 0 saturated heterocycles. The van der Waals surface area contributed by atoms with Crippen LogP contribution in [-0.2, 0) is 9.63 Å². The largest absolute Gasteiger partial charge is 0.497 e. The number of carboxylic acids is 1. The van der Waals surface area contributed by atoms with Crippen molar-refractivity contribution >= 4 is 33.8 Å². The van der Waals surface area contributed by atoms with Gasteiger partial charge < -0.3 is 14.7 Å². The van der Waals surface area contributed by atoms with E-state index in [0.717, 1.165) is 10.8 Å². The van der Waals surface area contributed by atoms with Crippen molar-refractivity contribution in [2.75, 3.05) is 14.2 Å². The van der Waals surface area contributed by atoms with Crippen molar-refractivity contribution in [2.24, 2.45) is 5.16 Å². The summed E-state index contributed by atoms with van der Waals surface area (Å²) in [6, 6.07) is 5.49. The monoisotopic (exact) mass is 265 g/mol. The molecular formula is C12H11NO4S. The Morgan fingerprint density at radius 3 is 2.78 bits per heavy atom. The SMILES string of the molecule is CON=C(C(=O)O)c1scc2ccc(OC)cc12. The number of hydrogen-bond donors (Lipinski definition) is 1. The highest BCUT2D eigenvalue weighted by Crippen LogP contribution is 2.30. The third-order valence-corrected chi connectivity index (χ3v) is 3.43. The molecule has 0 amide bonds. The van der Waals surface area contributed by atoms with E-state index < -0.39 is 5.97 Å². The summed E-state index contributed by atoms with van der Waals surface area (Å²) in [6.45, 7) is 0. The van der Waals surface area contributed by atoms with Gasteiger partial charge in [0.15, 0.2) is 0 Å². The molecular weight excluding hydrogens is 254 g/mol. The molecule has 0 aliphatic rings. The average molecular weight is 265 g/mol. The van der Waals surface area contributed by atoms with Gasteiger partial charge in [-0.15, -0.1) is 11.3 Å². The fraction of sp³-hybridized carbons (Fsp3) is 0.167. The highest BCUT2D eigenvalue weighted by molar-refractivity contribution is 7.14. The number of carbonyl (C=O) groups is 1. The van der Waals surface area contributed by atoms with Gasteiger partial charge in [-0.3, -0.25) is 0 Å².